The summed E-state index contributed by atoms with van der Waals surface area (Å²) in [5.41, 5.74) is 13.6. The van der Waals surface area contributed by atoms with Crippen LogP contribution in [-0.4, -0.2) is 4.57 Å². The van der Waals surface area contributed by atoms with Gasteiger partial charge in [0, 0.05) is 39.4 Å². The lowest BCUT2D eigenvalue weighted by atomic mass is 9.84. The number of anilines is 3. The van der Waals surface area contributed by atoms with Crippen LogP contribution in [0.15, 0.2) is 212 Å². The Kier molecular flexibility index (Phi) is 9.64. The Morgan fingerprint density at radius 1 is 0.359 bits per heavy atom. The van der Waals surface area contributed by atoms with Gasteiger partial charge in [-0.15, -0.1) is 0 Å². The summed E-state index contributed by atoms with van der Waals surface area (Å²) in [6, 6.07) is 78.7. The molecular formula is C62H48N2. The van der Waals surface area contributed by atoms with Crippen LogP contribution in [0, 0.1) is 0 Å². The molecule has 2 nitrogen and oxygen atoms in total. The SMILES string of the molecule is C(=C\c1ccc2c3ccc(N(c4ccccc4)c4ccccc4)cc3n(C3CCCCC3)c2c1)/c1ccc2cc(-c3c(-c4ccccc4)c4ccccc4c4ccccc34)ccc2c1. The summed E-state index contributed by atoms with van der Waals surface area (Å²) in [6.07, 6.45) is 10.9. The first-order valence-corrected chi connectivity index (χ1v) is 22.9. The van der Waals surface area contributed by atoms with E-state index in [1.54, 1.807) is 0 Å². The number of rotatable bonds is 8. The van der Waals surface area contributed by atoms with E-state index in [0.717, 1.165) is 11.4 Å². The largest absolute Gasteiger partial charge is 0.337 e. The minimum atomic E-state index is 0.479. The third-order valence-corrected chi connectivity index (χ3v) is 13.7. The summed E-state index contributed by atoms with van der Waals surface area (Å²) >= 11 is 0. The molecule has 0 bridgehead atoms. The van der Waals surface area contributed by atoms with Gasteiger partial charge in [0.25, 0.3) is 0 Å². The molecule has 0 unspecified atom stereocenters. The van der Waals surface area contributed by atoms with Crippen LogP contribution in [0.5, 0.6) is 0 Å². The molecule has 2 heteroatoms. The van der Waals surface area contributed by atoms with Crippen LogP contribution < -0.4 is 4.90 Å². The lowest BCUT2D eigenvalue weighted by molar-refractivity contribution is 0.367. The second-order valence-corrected chi connectivity index (χ2v) is 17.5. The maximum Gasteiger partial charge on any atom is 0.0515 e. The Bertz CT molecular complexity index is 3480. The molecular weight excluding hydrogens is 773 g/mol. The van der Waals surface area contributed by atoms with Crippen molar-refractivity contribution in [3.8, 4) is 22.3 Å². The van der Waals surface area contributed by atoms with Crippen molar-refractivity contribution in [3.63, 3.8) is 0 Å². The Morgan fingerprint density at radius 2 is 0.859 bits per heavy atom. The van der Waals surface area contributed by atoms with Gasteiger partial charge in [-0.2, -0.15) is 0 Å². The van der Waals surface area contributed by atoms with Crippen molar-refractivity contribution >= 4 is 83.3 Å². The minimum Gasteiger partial charge on any atom is -0.337 e. The predicted octanol–water partition coefficient (Wildman–Crippen LogP) is 17.7. The van der Waals surface area contributed by atoms with Crippen LogP contribution in [0.4, 0.5) is 17.1 Å². The Labute approximate surface area is 375 Å². The number of hydrogen-bond donors (Lipinski definition) is 0. The van der Waals surface area contributed by atoms with Crippen LogP contribution >= 0.6 is 0 Å². The molecule has 12 rings (SSSR count). The van der Waals surface area contributed by atoms with E-state index in [9.17, 15) is 0 Å². The summed E-state index contributed by atoms with van der Waals surface area (Å²) in [5, 5.41) is 10.3. The lowest BCUT2D eigenvalue weighted by Gasteiger charge is -2.27. The molecule has 0 amide bonds. The highest BCUT2D eigenvalue weighted by molar-refractivity contribution is 6.22. The van der Waals surface area contributed by atoms with E-state index >= 15 is 0 Å². The van der Waals surface area contributed by atoms with Gasteiger partial charge in [-0.3, -0.25) is 0 Å². The zero-order valence-corrected chi connectivity index (χ0v) is 35.9. The average molecular weight is 821 g/mol. The van der Waals surface area contributed by atoms with Gasteiger partial charge in [-0.05, 0) is 133 Å². The molecule has 1 aromatic heterocycles. The highest BCUT2D eigenvalue weighted by Crippen LogP contribution is 2.46. The fourth-order valence-electron chi connectivity index (χ4n) is 10.7. The Hall–Kier alpha value is -7.68. The molecule has 1 heterocycles. The molecule has 1 aliphatic rings. The summed E-state index contributed by atoms with van der Waals surface area (Å²) in [6.45, 7) is 0. The quantitative estimate of drug-likeness (QED) is 0.109. The van der Waals surface area contributed by atoms with Crippen LogP contribution in [0.25, 0.3) is 88.5 Å². The highest BCUT2D eigenvalue weighted by Gasteiger charge is 2.23. The van der Waals surface area contributed by atoms with E-state index in [0.29, 0.717) is 6.04 Å². The number of benzene rings is 10. The second-order valence-electron chi connectivity index (χ2n) is 17.5. The number of aromatic nitrogens is 1. The van der Waals surface area contributed by atoms with Crippen molar-refractivity contribution in [1.82, 2.24) is 4.57 Å². The molecule has 0 atom stereocenters. The monoisotopic (exact) mass is 820 g/mol. The van der Waals surface area contributed by atoms with Gasteiger partial charge in [-0.25, -0.2) is 0 Å². The molecule has 0 spiro atoms. The number of fused-ring (bicyclic) bond motifs is 7. The van der Waals surface area contributed by atoms with Gasteiger partial charge in [0.15, 0.2) is 0 Å². The number of nitrogens with zero attached hydrogens (tertiary/aromatic N) is 2. The van der Waals surface area contributed by atoms with Crippen LogP contribution in [0.3, 0.4) is 0 Å². The highest BCUT2D eigenvalue weighted by atomic mass is 15.1. The van der Waals surface area contributed by atoms with E-state index in [-0.39, 0.29) is 0 Å². The van der Waals surface area contributed by atoms with Crippen molar-refractivity contribution in [1.29, 1.82) is 0 Å². The summed E-state index contributed by atoms with van der Waals surface area (Å²) in [5.74, 6) is 0. The topological polar surface area (TPSA) is 8.17 Å². The molecule has 0 N–H and O–H groups in total. The van der Waals surface area contributed by atoms with Crippen molar-refractivity contribution in [2.45, 2.75) is 38.1 Å². The summed E-state index contributed by atoms with van der Waals surface area (Å²) in [7, 11) is 0. The molecule has 10 aromatic carbocycles. The molecule has 64 heavy (non-hydrogen) atoms. The van der Waals surface area contributed by atoms with E-state index in [2.05, 4.69) is 234 Å². The first-order valence-electron chi connectivity index (χ1n) is 22.9. The third-order valence-electron chi connectivity index (χ3n) is 13.7. The third kappa shape index (κ3) is 6.74. The van der Waals surface area contributed by atoms with Crippen LogP contribution in [0.2, 0.25) is 0 Å². The average Bonchev–Trinajstić information content (AvgIpc) is 3.69. The summed E-state index contributed by atoms with van der Waals surface area (Å²) < 4.78 is 2.69. The molecule has 11 aromatic rings. The van der Waals surface area contributed by atoms with Gasteiger partial charge in [-0.1, -0.05) is 189 Å². The molecule has 1 fully saturated rings. The normalized spacial score (nSPS) is 13.5. The van der Waals surface area contributed by atoms with Crippen LogP contribution in [0.1, 0.15) is 49.3 Å². The minimum absolute atomic E-state index is 0.479. The van der Waals surface area contributed by atoms with Crippen LogP contribution in [-0.2, 0) is 0 Å². The van der Waals surface area contributed by atoms with Gasteiger partial charge in [0.2, 0.25) is 0 Å². The maximum absolute atomic E-state index is 2.69. The zero-order valence-electron chi connectivity index (χ0n) is 35.9. The molecule has 306 valence electrons. The van der Waals surface area contributed by atoms with Crippen molar-refractivity contribution < 1.29 is 0 Å². The van der Waals surface area contributed by atoms with Gasteiger partial charge < -0.3 is 9.47 Å². The van der Waals surface area contributed by atoms with Crippen molar-refractivity contribution in [3.05, 3.63) is 223 Å². The molecule has 1 saturated carbocycles. The zero-order chi connectivity index (χ0) is 42.4. The van der Waals surface area contributed by atoms with Gasteiger partial charge in [0.1, 0.15) is 0 Å². The maximum atomic E-state index is 2.69. The molecule has 0 aliphatic heterocycles. The van der Waals surface area contributed by atoms with Gasteiger partial charge >= 0.3 is 0 Å². The number of hydrogen-bond acceptors (Lipinski definition) is 1. The molecule has 0 saturated heterocycles. The molecule has 0 radical (unpaired) electrons. The van der Waals surface area contributed by atoms with E-state index in [1.807, 2.05) is 0 Å². The van der Waals surface area contributed by atoms with Crippen molar-refractivity contribution in [2.75, 3.05) is 4.90 Å². The Balaban J connectivity index is 0.923. The van der Waals surface area contributed by atoms with E-state index < -0.39 is 0 Å². The first kappa shape index (κ1) is 38.0. The van der Waals surface area contributed by atoms with E-state index in [1.165, 1.54) is 125 Å². The lowest BCUT2D eigenvalue weighted by Crippen LogP contribution is -2.13. The fraction of sp³-hybridized carbons (Fsp3) is 0.0968. The number of para-hydroxylation sites is 2. The summed E-state index contributed by atoms with van der Waals surface area (Å²) in [4.78, 5) is 2.38. The second kappa shape index (κ2) is 16.2. The smallest absolute Gasteiger partial charge is 0.0515 e. The first-order chi connectivity index (χ1) is 31.7. The van der Waals surface area contributed by atoms with Crippen molar-refractivity contribution in [2.24, 2.45) is 0 Å². The molecule has 1 aliphatic carbocycles. The van der Waals surface area contributed by atoms with E-state index in [4.69, 9.17) is 0 Å². The van der Waals surface area contributed by atoms with Gasteiger partial charge in [0.05, 0.1) is 5.52 Å². The fourth-order valence-corrected chi connectivity index (χ4v) is 10.7. The Morgan fingerprint density at radius 3 is 1.52 bits per heavy atom. The predicted molar refractivity (Wildman–Crippen MR) is 275 cm³/mol. The standard InChI is InChI=1S/C62H48N2/c1-5-17-45(18-6-1)61-57-27-15-13-25-53(57)54-26-14-16-28-58(54)62(61)48-35-34-46-39-43(31-33-47(46)41-48)29-30-44-32-37-55-56-38-36-52(42-60(56)64(59(55)40-44)51-23-11-4-12-24-51)63(49-19-7-2-8-20-49)50-21-9-3-10-22-50/h1-3,5-10,13-22,25-42,51H,4,11-12,23-24H2/b30-29+.